The Bertz CT molecular complexity index is 1090. The molecule has 1 unspecified atom stereocenters. The molecule has 1 atom stereocenters. The van der Waals surface area contributed by atoms with Crippen LogP contribution in [0, 0.1) is 36.0 Å². The van der Waals surface area contributed by atoms with Gasteiger partial charge in [-0.3, -0.25) is 9.69 Å². The zero-order valence-electron chi connectivity index (χ0n) is 21.8. The number of nitrogens with one attached hydrogen (secondary N) is 1. The van der Waals surface area contributed by atoms with Crippen molar-refractivity contribution in [3.05, 3.63) is 58.6 Å². The van der Waals surface area contributed by atoms with Crippen LogP contribution >= 0.6 is 11.6 Å². The standard InChI is InChI=1S/C30H39ClN4O2/c1-22-6-11-26(31)20-28(22)35-18-16-34(17-19-35)15-13-23-7-9-24(10-8-23)25(21-32)12-14-33-30(37)27-4-2-3-5-29(27)36/h2-6,11,20,23-25,36H,7-10,12-19H2,1H3,(H,33,37). The average molecular weight is 523 g/mol. The molecule has 2 aromatic carbocycles. The largest absolute Gasteiger partial charge is 0.507 e. The van der Waals surface area contributed by atoms with Gasteiger partial charge in [0.2, 0.25) is 0 Å². The van der Waals surface area contributed by atoms with Gasteiger partial charge in [0, 0.05) is 43.4 Å². The molecule has 0 aromatic heterocycles. The van der Waals surface area contributed by atoms with Gasteiger partial charge in [-0.05, 0) is 80.8 Å². The van der Waals surface area contributed by atoms with Gasteiger partial charge in [-0.2, -0.15) is 5.26 Å². The summed E-state index contributed by atoms with van der Waals surface area (Å²) in [4.78, 5) is 17.4. The van der Waals surface area contributed by atoms with Gasteiger partial charge in [0.05, 0.1) is 17.6 Å². The molecule has 2 aromatic rings. The van der Waals surface area contributed by atoms with Crippen molar-refractivity contribution < 1.29 is 9.90 Å². The van der Waals surface area contributed by atoms with Crippen LogP contribution in [-0.4, -0.2) is 55.2 Å². The van der Waals surface area contributed by atoms with Gasteiger partial charge in [-0.15, -0.1) is 0 Å². The first-order chi connectivity index (χ1) is 17.9. The maximum atomic E-state index is 12.3. The van der Waals surface area contributed by atoms with Gasteiger partial charge in [0.25, 0.3) is 5.91 Å². The molecule has 1 amide bonds. The Kier molecular flexibility index (Phi) is 9.71. The molecule has 0 bridgehead atoms. The Morgan fingerprint density at radius 2 is 1.86 bits per heavy atom. The third-order valence-electron chi connectivity index (χ3n) is 8.25. The molecule has 1 saturated heterocycles. The fraction of sp³-hybridized carbons (Fsp3) is 0.533. The number of carbonyl (C=O) groups excluding carboxylic acids is 1. The van der Waals surface area contributed by atoms with Crippen LogP contribution in [0.1, 0.15) is 54.4 Å². The number of aryl methyl sites for hydroxylation is 1. The number of anilines is 1. The van der Waals surface area contributed by atoms with Gasteiger partial charge in [-0.1, -0.05) is 42.6 Å². The second-order valence-electron chi connectivity index (χ2n) is 10.6. The monoisotopic (exact) mass is 522 g/mol. The molecular weight excluding hydrogens is 484 g/mol. The van der Waals surface area contributed by atoms with Crippen molar-refractivity contribution in [2.24, 2.45) is 17.8 Å². The number of phenols is 1. The van der Waals surface area contributed by atoms with Crippen LogP contribution in [-0.2, 0) is 0 Å². The fourth-order valence-corrected chi connectivity index (χ4v) is 6.05. The zero-order valence-corrected chi connectivity index (χ0v) is 22.6. The van der Waals surface area contributed by atoms with Crippen LogP contribution in [0.2, 0.25) is 5.02 Å². The first-order valence-corrected chi connectivity index (χ1v) is 14.0. The molecule has 7 heteroatoms. The van der Waals surface area contributed by atoms with Crippen molar-refractivity contribution in [3.63, 3.8) is 0 Å². The number of hydrogen-bond acceptors (Lipinski definition) is 5. The topological polar surface area (TPSA) is 79.6 Å². The lowest BCUT2D eigenvalue weighted by molar-refractivity contribution is 0.0947. The first-order valence-electron chi connectivity index (χ1n) is 13.6. The molecule has 1 saturated carbocycles. The van der Waals surface area contributed by atoms with E-state index in [9.17, 15) is 15.2 Å². The van der Waals surface area contributed by atoms with E-state index in [0.29, 0.717) is 18.9 Å². The predicted octanol–water partition coefficient (Wildman–Crippen LogP) is 5.63. The first kappa shape index (κ1) is 27.3. The highest BCUT2D eigenvalue weighted by molar-refractivity contribution is 6.30. The summed E-state index contributed by atoms with van der Waals surface area (Å²) >= 11 is 6.23. The van der Waals surface area contributed by atoms with Crippen LogP contribution in [0.4, 0.5) is 5.69 Å². The van der Waals surface area contributed by atoms with Crippen molar-refractivity contribution in [1.29, 1.82) is 5.26 Å². The smallest absolute Gasteiger partial charge is 0.255 e. The highest BCUT2D eigenvalue weighted by Gasteiger charge is 2.28. The number of aromatic hydroxyl groups is 1. The second kappa shape index (κ2) is 13.2. The van der Waals surface area contributed by atoms with Crippen molar-refractivity contribution >= 4 is 23.2 Å². The summed E-state index contributed by atoms with van der Waals surface area (Å²) in [5.74, 6) is 0.807. The number of rotatable bonds is 9. The van der Waals surface area contributed by atoms with E-state index in [0.717, 1.165) is 56.5 Å². The predicted molar refractivity (Wildman–Crippen MR) is 149 cm³/mol. The van der Waals surface area contributed by atoms with Gasteiger partial charge < -0.3 is 15.3 Å². The number of benzene rings is 2. The average Bonchev–Trinajstić information content (AvgIpc) is 2.92. The molecule has 4 rings (SSSR count). The highest BCUT2D eigenvalue weighted by atomic mass is 35.5. The Hall–Kier alpha value is -2.75. The molecule has 1 aliphatic heterocycles. The van der Waals surface area contributed by atoms with Crippen molar-refractivity contribution in [1.82, 2.24) is 10.2 Å². The van der Waals surface area contributed by atoms with Crippen molar-refractivity contribution in [3.8, 4) is 11.8 Å². The number of nitriles is 1. The maximum Gasteiger partial charge on any atom is 0.255 e. The number of carbonyl (C=O) groups is 1. The van der Waals surface area contributed by atoms with E-state index in [-0.39, 0.29) is 23.1 Å². The molecule has 1 aliphatic carbocycles. The Morgan fingerprint density at radius 3 is 2.57 bits per heavy atom. The van der Waals surface area contributed by atoms with E-state index >= 15 is 0 Å². The number of para-hydroxylation sites is 1. The van der Waals surface area contributed by atoms with E-state index < -0.39 is 0 Å². The summed E-state index contributed by atoms with van der Waals surface area (Å²) in [5, 5.41) is 23.3. The van der Waals surface area contributed by atoms with Crippen LogP contribution in [0.25, 0.3) is 0 Å². The van der Waals surface area contributed by atoms with Gasteiger partial charge in [0.1, 0.15) is 5.75 Å². The molecule has 6 nitrogen and oxygen atoms in total. The number of piperazine rings is 1. The maximum absolute atomic E-state index is 12.3. The third kappa shape index (κ3) is 7.40. The number of hydrogen-bond donors (Lipinski definition) is 2. The quantitative estimate of drug-likeness (QED) is 0.446. The minimum absolute atomic E-state index is 0.0201. The summed E-state index contributed by atoms with van der Waals surface area (Å²) < 4.78 is 0. The van der Waals surface area contributed by atoms with E-state index in [1.807, 2.05) is 6.07 Å². The third-order valence-corrected chi connectivity index (χ3v) is 8.49. The summed E-state index contributed by atoms with van der Waals surface area (Å²) in [6.45, 7) is 8.01. The summed E-state index contributed by atoms with van der Waals surface area (Å²) in [6, 6.07) is 15.2. The molecular formula is C30H39ClN4O2. The van der Waals surface area contributed by atoms with E-state index in [2.05, 4.69) is 40.2 Å². The van der Waals surface area contributed by atoms with Crippen LogP contribution < -0.4 is 10.2 Å². The minimum Gasteiger partial charge on any atom is -0.507 e. The lowest BCUT2D eigenvalue weighted by Gasteiger charge is -2.38. The number of phenolic OH excluding ortho intramolecular Hbond substituents is 1. The zero-order chi connectivity index (χ0) is 26.2. The van der Waals surface area contributed by atoms with Gasteiger partial charge in [-0.25, -0.2) is 0 Å². The molecule has 2 aliphatic rings. The fourth-order valence-electron chi connectivity index (χ4n) is 5.89. The van der Waals surface area contributed by atoms with Gasteiger partial charge >= 0.3 is 0 Å². The summed E-state index contributed by atoms with van der Waals surface area (Å²) in [6.07, 6.45) is 6.46. The minimum atomic E-state index is -0.290. The lowest BCUT2D eigenvalue weighted by Crippen LogP contribution is -2.47. The molecule has 0 radical (unpaired) electrons. The van der Waals surface area contributed by atoms with Gasteiger partial charge in [0.15, 0.2) is 0 Å². The number of nitrogens with zero attached hydrogens (tertiary/aromatic N) is 3. The molecule has 0 spiro atoms. The van der Waals surface area contributed by atoms with Crippen molar-refractivity contribution in [2.45, 2.75) is 45.4 Å². The van der Waals surface area contributed by atoms with Crippen LogP contribution in [0.15, 0.2) is 42.5 Å². The van der Waals surface area contributed by atoms with E-state index in [1.165, 1.54) is 36.6 Å². The lowest BCUT2D eigenvalue weighted by atomic mass is 9.74. The molecule has 1 heterocycles. The molecule has 198 valence electrons. The molecule has 2 N–H and O–H groups in total. The highest BCUT2D eigenvalue weighted by Crippen LogP contribution is 2.36. The van der Waals surface area contributed by atoms with E-state index in [1.54, 1.807) is 18.2 Å². The summed E-state index contributed by atoms with van der Waals surface area (Å²) in [7, 11) is 0. The molecule has 2 fully saturated rings. The van der Waals surface area contributed by atoms with Crippen molar-refractivity contribution in [2.75, 3.05) is 44.2 Å². The number of amides is 1. The Balaban J connectivity index is 1.14. The van der Waals surface area contributed by atoms with Crippen LogP contribution in [0.5, 0.6) is 5.75 Å². The Labute approximate surface area is 226 Å². The Morgan fingerprint density at radius 1 is 1.14 bits per heavy atom. The van der Waals surface area contributed by atoms with Crippen LogP contribution in [0.3, 0.4) is 0 Å². The summed E-state index contributed by atoms with van der Waals surface area (Å²) in [5.41, 5.74) is 2.82. The number of halogens is 1. The van der Waals surface area contributed by atoms with E-state index in [4.69, 9.17) is 11.6 Å². The second-order valence-corrected chi connectivity index (χ2v) is 11.1. The SMILES string of the molecule is Cc1ccc(Cl)cc1N1CCN(CCC2CCC(C(C#N)CCNC(=O)c3ccccc3O)CC2)CC1. The normalized spacial score (nSPS) is 21.3. The molecule has 37 heavy (non-hydrogen) atoms.